The Labute approximate surface area is 238 Å². The minimum absolute atomic E-state index is 0.0975. The number of nitrogens with zero attached hydrogens (tertiary/aromatic N) is 2. The Balaban J connectivity index is 2.04. The van der Waals surface area contributed by atoms with Crippen molar-refractivity contribution in [2.45, 2.75) is 45.7 Å². The molecule has 0 aliphatic rings. The molecule has 0 heterocycles. The number of anilines is 1. The van der Waals surface area contributed by atoms with Crippen LogP contribution in [0, 0.1) is 6.92 Å². The standard InChI is InChI=1S/C31H39N3O5S/c1-5-6-19-32-31(36)29(21-25-11-8-7-9-12-25)33(22-26-13-10-14-28(20-26)39-3)30(35)23-34(40(4,37)38)27-17-15-24(2)16-18-27/h7-18,20,29H,5-6,19,21-23H2,1-4H3,(H,32,36). The van der Waals surface area contributed by atoms with Crippen LogP contribution in [0.5, 0.6) is 5.75 Å². The average molecular weight is 566 g/mol. The number of nitrogens with one attached hydrogen (secondary N) is 1. The molecule has 0 bridgehead atoms. The Morgan fingerprint density at radius 2 is 1.62 bits per heavy atom. The Bertz CT molecular complexity index is 1360. The molecule has 0 aliphatic carbocycles. The third kappa shape index (κ3) is 8.84. The highest BCUT2D eigenvalue weighted by Crippen LogP contribution is 2.22. The molecule has 9 heteroatoms. The average Bonchev–Trinajstić information content (AvgIpc) is 2.94. The number of hydrogen-bond donors (Lipinski definition) is 1. The largest absolute Gasteiger partial charge is 0.497 e. The summed E-state index contributed by atoms with van der Waals surface area (Å²) in [7, 11) is -2.24. The van der Waals surface area contributed by atoms with Gasteiger partial charge in [0.15, 0.2) is 0 Å². The van der Waals surface area contributed by atoms with Crippen LogP contribution in [-0.4, -0.2) is 57.6 Å². The SMILES string of the molecule is CCCCNC(=O)C(Cc1ccccc1)N(Cc1cccc(OC)c1)C(=O)CN(c1ccc(C)cc1)S(C)(=O)=O. The van der Waals surface area contributed by atoms with Crippen LogP contribution in [0.3, 0.4) is 0 Å². The van der Waals surface area contributed by atoms with E-state index in [4.69, 9.17) is 4.74 Å². The second-order valence-corrected chi connectivity index (χ2v) is 11.7. The maximum absolute atomic E-state index is 14.1. The summed E-state index contributed by atoms with van der Waals surface area (Å²) in [6, 6.07) is 22.9. The van der Waals surface area contributed by atoms with E-state index in [1.165, 1.54) is 4.90 Å². The van der Waals surface area contributed by atoms with E-state index in [1.54, 1.807) is 37.4 Å². The fraction of sp³-hybridized carbons (Fsp3) is 0.355. The van der Waals surface area contributed by atoms with Gasteiger partial charge in [-0.15, -0.1) is 0 Å². The molecule has 0 saturated carbocycles. The first-order chi connectivity index (χ1) is 19.1. The van der Waals surface area contributed by atoms with Gasteiger partial charge < -0.3 is 15.0 Å². The fourth-order valence-corrected chi connectivity index (χ4v) is 5.20. The van der Waals surface area contributed by atoms with E-state index < -0.39 is 28.5 Å². The summed E-state index contributed by atoms with van der Waals surface area (Å²) in [5.74, 6) is -0.149. The highest BCUT2D eigenvalue weighted by Gasteiger charge is 2.33. The Hall–Kier alpha value is -3.85. The molecular formula is C31H39N3O5S. The number of amides is 2. The first kappa shape index (κ1) is 30.7. The summed E-state index contributed by atoms with van der Waals surface area (Å²) in [4.78, 5) is 29.2. The van der Waals surface area contributed by atoms with E-state index in [0.717, 1.165) is 40.1 Å². The molecule has 8 nitrogen and oxygen atoms in total. The van der Waals surface area contributed by atoms with Crippen LogP contribution < -0.4 is 14.4 Å². The van der Waals surface area contributed by atoms with Gasteiger partial charge in [-0.2, -0.15) is 0 Å². The van der Waals surface area contributed by atoms with Crippen molar-refractivity contribution >= 4 is 27.5 Å². The number of rotatable bonds is 14. The van der Waals surface area contributed by atoms with Crippen LogP contribution in [0.15, 0.2) is 78.9 Å². The van der Waals surface area contributed by atoms with Gasteiger partial charge in [-0.3, -0.25) is 13.9 Å². The first-order valence-corrected chi connectivity index (χ1v) is 15.3. The summed E-state index contributed by atoms with van der Waals surface area (Å²) >= 11 is 0. The summed E-state index contributed by atoms with van der Waals surface area (Å²) in [6.45, 7) is 4.08. The molecule has 3 aromatic carbocycles. The number of ether oxygens (including phenoxy) is 1. The Morgan fingerprint density at radius 3 is 2.25 bits per heavy atom. The lowest BCUT2D eigenvalue weighted by Gasteiger charge is -2.33. The van der Waals surface area contributed by atoms with Crippen molar-refractivity contribution in [2.24, 2.45) is 0 Å². The van der Waals surface area contributed by atoms with Crippen LogP contribution in [0.4, 0.5) is 5.69 Å². The monoisotopic (exact) mass is 565 g/mol. The Kier molecular flexibility index (Phi) is 11.1. The van der Waals surface area contributed by atoms with Crippen LogP contribution in [0.1, 0.15) is 36.5 Å². The smallest absolute Gasteiger partial charge is 0.244 e. The molecule has 0 radical (unpaired) electrons. The highest BCUT2D eigenvalue weighted by atomic mass is 32.2. The van der Waals surface area contributed by atoms with E-state index in [1.807, 2.05) is 62.4 Å². The fourth-order valence-electron chi connectivity index (χ4n) is 4.35. The van der Waals surface area contributed by atoms with Crippen molar-refractivity contribution in [3.63, 3.8) is 0 Å². The number of aryl methyl sites for hydroxylation is 1. The van der Waals surface area contributed by atoms with Gasteiger partial charge in [0.1, 0.15) is 18.3 Å². The number of unbranched alkanes of at least 4 members (excludes halogenated alkanes) is 1. The molecule has 40 heavy (non-hydrogen) atoms. The topological polar surface area (TPSA) is 96.0 Å². The molecular weight excluding hydrogens is 526 g/mol. The molecule has 0 aromatic heterocycles. The van der Waals surface area contributed by atoms with Crippen LogP contribution in [-0.2, 0) is 32.6 Å². The van der Waals surface area contributed by atoms with Crippen LogP contribution in [0.2, 0.25) is 0 Å². The normalized spacial score (nSPS) is 11.9. The van der Waals surface area contributed by atoms with Gasteiger partial charge in [0.2, 0.25) is 21.8 Å². The predicted molar refractivity (Wildman–Crippen MR) is 159 cm³/mol. The van der Waals surface area contributed by atoms with Crippen molar-refractivity contribution in [3.8, 4) is 5.75 Å². The zero-order valence-corrected chi connectivity index (χ0v) is 24.5. The van der Waals surface area contributed by atoms with Gasteiger partial charge in [-0.05, 0) is 48.7 Å². The second kappa shape index (κ2) is 14.5. The number of sulfonamides is 1. The quantitative estimate of drug-likeness (QED) is 0.294. The molecule has 3 rings (SSSR count). The van der Waals surface area contributed by atoms with Gasteiger partial charge in [-0.1, -0.05) is 73.5 Å². The number of benzene rings is 3. The predicted octanol–water partition coefficient (Wildman–Crippen LogP) is 4.33. The second-order valence-electron chi connectivity index (χ2n) is 9.83. The highest BCUT2D eigenvalue weighted by molar-refractivity contribution is 7.92. The van der Waals surface area contributed by atoms with E-state index in [-0.39, 0.29) is 18.9 Å². The molecule has 0 aliphatic heterocycles. The maximum atomic E-state index is 14.1. The first-order valence-electron chi connectivity index (χ1n) is 13.4. The lowest BCUT2D eigenvalue weighted by molar-refractivity contribution is -0.140. The minimum atomic E-state index is -3.80. The van der Waals surface area contributed by atoms with Gasteiger partial charge in [-0.25, -0.2) is 8.42 Å². The van der Waals surface area contributed by atoms with E-state index in [9.17, 15) is 18.0 Å². The molecule has 0 fully saturated rings. The van der Waals surface area contributed by atoms with Crippen LogP contribution in [0.25, 0.3) is 0 Å². The number of carbonyl (C=O) groups is 2. The molecule has 214 valence electrons. The molecule has 1 N–H and O–H groups in total. The molecule has 3 aromatic rings. The third-order valence-electron chi connectivity index (χ3n) is 6.59. The summed E-state index contributed by atoms with van der Waals surface area (Å²) in [5, 5.41) is 2.98. The summed E-state index contributed by atoms with van der Waals surface area (Å²) < 4.78 is 32.1. The van der Waals surface area contributed by atoms with E-state index in [2.05, 4.69) is 5.32 Å². The van der Waals surface area contributed by atoms with Crippen molar-refractivity contribution in [1.82, 2.24) is 10.2 Å². The van der Waals surface area contributed by atoms with Gasteiger partial charge in [0, 0.05) is 19.5 Å². The zero-order chi connectivity index (χ0) is 29.1. The molecule has 1 unspecified atom stereocenters. The molecule has 0 saturated heterocycles. The molecule has 1 atom stereocenters. The summed E-state index contributed by atoms with van der Waals surface area (Å²) in [5.41, 5.74) is 3.00. The van der Waals surface area contributed by atoms with Crippen molar-refractivity contribution in [1.29, 1.82) is 0 Å². The van der Waals surface area contributed by atoms with Gasteiger partial charge in [0.05, 0.1) is 19.1 Å². The minimum Gasteiger partial charge on any atom is -0.497 e. The lowest BCUT2D eigenvalue weighted by atomic mass is 10.0. The molecule has 0 spiro atoms. The van der Waals surface area contributed by atoms with Crippen molar-refractivity contribution in [2.75, 3.05) is 30.8 Å². The Morgan fingerprint density at radius 1 is 0.950 bits per heavy atom. The number of hydrogen-bond acceptors (Lipinski definition) is 5. The van der Waals surface area contributed by atoms with E-state index in [0.29, 0.717) is 18.0 Å². The van der Waals surface area contributed by atoms with Crippen LogP contribution >= 0.6 is 0 Å². The van der Waals surface area contributed by atoms with Crippen molar-refractivity contribution in [3.05, 3.63) is 95.6 Å². The van der Waals surface area contributed by atoms with E-state index >= 15 is 0 Å². The van der Waals surface area contributed by atoms with Crippen molar-refractivity contribution < 1.29 is 22.7 Å². The third-order valence-corrected chi connectivity index (χ3v) is 7.73. The molecule has 2 amide bonds. The van der Waals surface area contributed by atoms with Gasteiger partial charge >= 0.3 is 0 Å². The number of methoxy groups -OCH3 is 1. The maximum Gasteiger partial charge on any atom is 0.244 e. The summed E-state index contributed by atoms with van der Waals surface area (Å²) in [6.07, 6.45) is 3.07. The van der Waals surface area contributed by atoms with Gasteiger partial charge in [0.25, 0.3) is 0 Å². The lowest BCUT2D eigenvalue weighted by Crippen LogP contribution is -2.53. The number of carbonyl (C=O) groups excluding carboxylic acids is 2. The zero-order valence-electron chi connectivity index (χ0n) is 23.7.